The van der Waals surface area contributed by atoms with E-state index < -0.39 is 0 Å². The highest BCUT2D eigenvalue weighted by molar-refractivity contribution is 7.17. The average Bonchev–Trinajstić information content (AvgIpc) is 3.25. The van der Waals surface area contributed by atoms with Gasteiger partial charge in [-0.05, 0) is 79.0 Å². The number of rotatable bonds is 8. The zero-order valence-corrected chi connectivity index (χ0v) is 23.5. The third-order valence-corrected chi connectivity index (χ3v) is 7.39. The van der Waals surface area contributed by atoms with Gasteiger partial charge >= 0.3 is 0 Å². The third-order valence-electron chi connectivity index (χ3n) is 6.10. The predicted octanol–water partition coefficient (Wildman–Crippen LogP) is 9.02. The summed E-state index contributed by atoms with van der Waals surface area (Å²) in [5, 5.41) is 2.35. The molecule has 0 amide bonds. The van der Waals surface area contributed by atoms with Gasteiger partial charge in [-0.25, -0.2) is 4.99 Å². The maximum atomic E-state index is 4.60. The Kier molecular flexibility index (Phi) is 10.2. The van der Waals surface area contributed by atoms with E-state index >= 15 is 0 Å². The van der Waals surface area contributed by atoms with Gasteiger partial charge in [0.1, 0.15) is 0 Å². The van der Waals surface area contributed by atoms with Crippen LogP contribution in [0.1, 0.15) is 51.3 Å². The van der Waals surface area contributed by atoms with Gasteiger partial charge in [0.15, 0.2) is 0 Å². The summed E-state index contributed by atoms with van der Waals surface area (Å²) in [6.45, 7) is 18.6. The lowest BCUT2D eigenvalue weighted by Crippen LogP contribution is -2.15. The third kappa shape index (κ3) is 6.34. The van der Waals surface area contributed by atoms with Crippen molar-refractivity contribution >= 4 is 51.1 Å². The summed E-state index contributed by atoms with van der Waals surface area (Å²) in [4.78, 5) is 4.60. The lowest BCUT2D eigenvalue weighted by molar-refractivity contribution is 1.21. The molecule has 0 atom stereocenters. The minimum Gasteiger partial charge on any atom is -0.248 e. The normalized spacial score (nSPS) is 14.2. The Labute approximate surface area is 226 Å². The van der Waals surface area contributed by atoms with Crippen LogP contribution >= 0.6 is 11.3 Å². The molecule has 0 unspecified atom stereocenters. The van der Waals surface area contributed by atoms with Crippen molar-refractivity contribution in [3.05, 3.63) is 130 Å². The van der Waals surface area contributed by atoms with Crippen LogP contribution < -0.4 is 9.75 Å². The SMILES string of the molecule is C=C/C(=C\C(=C/C)Cc1cccc2c(=C)/c(=C\C=C/C)sc12)c1ccc2c(c1)C(/C=C\C=C/C)=N2.CC. The number of hydrogen-bond donors (Lipinski definition) is 0. The molecule has 2 aromatic carbocycles. The van der Waals surface area contributed by atoms with Crippen LogP contribution in [0.25, 0.3) is 28.3 Å². The quantitative estimate of drug-likeness (QED) is 0.272. The monoisotopic (exact) mass is 503 g/mol. The Morgan fingerprint density at radius 3 is 2.49 bits per heavy atom. The lowest BCUT2D eigenvalue weighted by atomic mass is 9.93. The van der Waals surface area contributed by atoms with Crippen LogP contribution in [0.2, 0.25) is 0 Å². The van der Waals surface area contributed by atoms with Gasteiger partial charge in [0.2, 0.25) is 0 Å². The molecule has 0 saturated heterocycles. The number of thiophene rings is 1. The van der Waals surface area contributed by atoms with Gasteiger partial charge in [-0.1, -0.05) is 99.9 Å². The minimum atomic E-state index is 0.859. The van der Waals surface area contributed by atoms with Gasteiger partial charge in [-0.2, -0.15) is 0 Å². The number of fused-ring (bicyclic) bond motifs is 2. The second-order valence-corrected chi connectivity index (χ2v) is 9.44. The Balaban J connectivity index is 0.00000186. The van der Waals surface area contributed by atoms with Gasteiger partial charge < -0.3 is 0 Å². The molecule has 1 aliphatic heterocycles. The summed E-state index contributed by atoms with van der Waals surface area (Å²) >= 11 is 1.82. The van der Waals surface area contributed by atoms with E-state index in [0.717, 1.165) is 34.2 Å². The number of hydrogen-bond acceptors (Lipinski definition) is 2. The van der Waals surface area contributed by atoms with Crippen molar-refractivity contribution in [3.63, 3.8) is 0 Å². The van der Waals surface area contributed by atoms with Gasteiger partial charge in [0.05, 0.1) is 11.4 Å². The van der Waals surface area contributed by atoms with Crippen LogP contribution in [0.15, 0.2) is 108 Å². The van der Waals surface area contributed by atoms with E-state index in [1.807, 2.05) is 63.3 Å². The Bertz CT molecular complexity index is 1570. The molecule has 0 spiro atoms. The van der Waals surface area contributed by atoms with Gasteiger partial charge in [-0.3, -0.25) is 0 Å². The predicted molar refractivity (Wildman–Crippen MR) is 169 cm³/mol. The van der Waals surface area contributed by atoms with Crippen LogP contribution in [0.4, 0.5) is 5.69 Å². The first-order valence-electron chi connectivity index (χ1n) is 12.9. The maximum Gasteiger partial charge on any atom is 0.0731 e. The first kappa shape index (κ1) is 27.8. The zero-order chi connectivity index (χ0) is 26.8. The van der Waals surface area contributed by atoms with Crippen molar-refractivity contribution < 1.29 is 0 Å². The molecule has 0 fully saturated rings. The first-order valence-corrected chi connectivity index (χ1v) is 13.8. The fourth-order valence-corrected chi connectivity index (χ4v) is 5.33. The molecule has 37 heavy (non-hydrogen) atoms. The molecule has 0 aliphatic carbocycles. The minimum absolute atomic E-state index is 0.859. The van der Waals surface area contributed by atoms with Gasteiger partial charge in [-0.15, -0.1) is 11.3 Å². The van der Waals surface area contributed by atoms with E-state index in [1.54, 1.807) is 0 Å². The van der Waals surface area contributed by atoms with Crippen molar-refractivity contribution in [2.45, 2.75) is 41.0 Å². The summed E-state index contributed by atoms with van der Waals surface area (Å²) in [7, 11) is 0. The largest absolute Gasteiger partial charge is 0.248 e. The first-order chi connectivity index (χ1) is 18.1. The summed E-state index contributed by atoms with van der Waals surface area (Å²) < 4.78 is 2.54. The molecule has 188 valence electrons. The van der Waals surface area contributed by atoms with Crippen molar-refractivity contribution in [1.29, 1.82) is 0 Å². The molecule has 0 bridgehead atoms. The van der Waals surface area contributed by atoms with Crippen LogP contribution in [-0.2, 0) is 6.42 Å². The number of nitrogens with zero attached hydrogens (tertiary/aromatic N) is 1. The van der Waals surface area contributed by atoms with E-state index in [1.165, 1.54) is 31.3 Å². The molecule has 2 heterocycles. The van der Waals surface area contributed by atoms with Crippen molar-refractivity contribution in [1.82, 2.24) is 0 Å². The molecule has 1 aromatic heterocycles. The molecule has 2 heteroatoms. The second kappa shape index (κ2) is 13.5. The Morgan fingerprint density at radius 1 is 1.00 bits per heavy atom. The molecular formula is C35H37NS. The highest BCUT2D eigenvalue weighted by Gasteiger charge is 2.17. The topological polar surface area (TPSA) is 12.4 Å². The Hall–Kier alpha value is -3.75. The standard InChI is InChI=1S/C33H31NS.C2H6/c1-6-10-12-16-30-29-22-26(18-19-31(29)34-30)25(9-4)20-24(8-3)21-27-14-13-15-28-23(5)32(17-11-7-2)35-33(27)28;1-2/h6-20,22H,4-5,21H2,1-3H3;1-2H3/b10-6-,11-7-,16-12-,24-8+,25-20+,32-17+;. The molecule has 0 saturated carbocycles. The van der Waals surface area contributed by atoms with Crippen molar-refractivity contribution in [2.24, 2.45) is 4.99 Å². The van der Waals surface area contributed by atoms with Gasteiger partial charge in [0, 0.05) is 20.2 Å². The highest BCUT2D eigenvalue weighted by atomic mass is 32.1. The number of benzene rings is 2. The zero-order valence-electron chi connectivity index (χ0n) is 22.7. The number of allylic oxidation sites excluding steroid dienone is 11. The average molecular weight is 504 g/mol. The molecule has 1 aliphatic rings. The van der Waals surface area contributed by atoms with E-state index in [0.29, 0.717) is 0 Å². The fourth-order valence-electron chi connectivity index (χ4n) is 4.16. The fraction of sp³-hybridized carbons (Fsp3) is 0.171. The summed E-state index contributed by atoms with van der Waals surface area (Å²) in [6.07, 6.45) is 21.7. The van der Waals surface area contributed by atoms with E-state index in [9.17, 15) is 0 Å². The molecular weight excluding hydrogens is 466 g/mol. The van der Waals surface area contributed by atoms with Crippen molar-refractivity contribution in [2.75, 3.05) is 0 Å². The second-order valence-electron chi connectivity index (χ2n) is 8.39. The molecule has 1 nitrogen and oxygen atoms in total. The van der Waals surface area contributed by atoms with E-state index in [4.69, 9.17) is 0 Å². The van der Waals surface area contributed by atoms with Crippen molar-refractivity contribution in [3.8, 4) is 0 Å². The maximum absolute atomic E-state index is 4.60. The summed E-state index contributed by atoms with van der Waals surface area (Å²) in [5.41, 5.74) is 8.11. The molecule has 0 N–H and O–H groups in total. The van der Waals surface area contributed by atoms with Crippen LogP contribution in [0.5, 0.6) is 0 Å². The smallest absolute Gasteiger partial charge is 0.0731 e. The van der Waals surface area contributed by atoms with E-state index in [2.05, 4.69) is 97.9 Å². The molecule has 4 rings (SSSR count). The lowest BCUT2D eigenvalue weighted by Gasteiger charge is -2.17. The van der Waals surface area contributed by atoms with Gasteiger partial charge in [0.25, 0.3) is 0 Å². The molecule has 0 radical (unpaired) electrons. The van der Waals surface area contributed by atoms with Crippen LogP contribution in [0, 0.1) is 0 Å². The highest BCUT2D eigenvalue weighted by Crippen LogP contribution is 2.34. The molecule has 3 aromatic rings. The Morgan fingerprint density at radius 2 is 1.78 bits per heavy atom. The summed E-state index contributed by atoms with van der Waals surface area (Å²) in [6, 6.07) is 13.0. The van der Waals surface area contributed by atoms with Crippen LogP contribution in [0.3, 0.4) is 0 Å². The van der Waals surface area contributed by atoms with Crippen LogP contribution in [-0.4, -0.2) is 5.71 Å². The van der Waals surface area contributed by atoms with E-state index in [-0.39, 0.29) is 0 Å². The summed E-state index contributed by atoms with van der Waals surface area (Å²) in [5.74, 6) is 0. The number of aliphatic imine (C=N–C) groups is 1.